The Morgan fingerprint density at radius 2 is 1.35 bits per heavy atom. The summed E-state index contributed by atoms with van der Waals surface area (Å²) in [7, 11) is 0. The highest BCUT2D eigenvalue weighted by atomic mass is 16.7. The molecule has 4 fully saturated rings. The molecular weight excluding hydrogens is 230 g/mol. The van der Waals surface area contributed by atoms with Crippen LogP contribution in [0, 0.1) is 32.1 Å². The van der Waals surface area contributed by atoms with Crippen LogP contribution >= 0.6 is 0 Å². The van der Waals surface area contributed by atoms with E-state index in [2.05, 4.69) is 5.48 Å². The van der Waals surface area contributed by atoms with E-state index >= 15 is 0 Å². The molecule has 0 heterocycles. The van der Waals surface area contributed by atoms with Crippen molar-refractivity contribution in [2.45, 2.75) is 42.8 Å². The third-order valence-corrected chi connectivity index (χ3v) is 5.13. The molecule has 0 saturated heterocycles. The van der Waals surface area contributed by atoms with Gasteiger partial charge in [0.05, 0.1) is 0 Å². The van der Waals surface area contributed by atoms with E-state index in [1.807, 2.05) is 0 Å². The van der Waals surface area contributed by atoms with Crippen LogP contribution in [-0.4, -0.2) is 32.2 Å². The summed E-state index contributed by atoms with van der Waals surface area (Å²) in [4.78, 5) is 21.7. The maximum absolute atomic E-state index is 11.3. The summed E-state index contributed by atoms with van der Waals surface area (Å²) in [5.41, 5.74) is -0.621. The van der Waals surface area contributed by atoms with E-state index in [0.717, 1.165) is 0 Å². The Bertz CT molecular complexity index is 363. The fourth-order valence-corrected chi connectivity index (χ4v) is 4.55. The third-order valence-electron chi connectivity index (χ3n) is 5.13. The van der Waals surface area contributed by atoms with Crippen molar-refractivity contribution in [3.63, 3.8) is 0 Å². The van der Waals surface area contributed by atoms with Crippen LogP contribution in [0.3, 0.4) is 0 Å². The van der Waals surface area contributed by atoms with Gasteiger partial charge in [0.25, 0.3) is 11.1 Å². The minimum atomic E-state index is -1.40. The summed E-state index contributed by atoms with van der Waals surface area (Å²) in [5, 5.41) is 31.6. The van der Waals surface area contributed by atoms with Gasteiger partial charge in [-0.25, -0.2) is 5.48 Å². The molecule has 0 radical (unpaired) electrons. The molecule has 17 heavy (non-hydrogen) atoms. The van der Waals surface area contributed by atoms with Crippen LogP contribution < -0.4 is 5.48 Å². The highest BCUT2D eigenvalue weighted by Crippen LogP contribution is 2.64. The minimum absolute atomic E-state index is 0.164. The average Bonchev–Trinajstić information content (AvgIpc) is 2.65. The molecule has 8 nitrogen and oxygen atoms in total. The van der Waals surface area contributed by atoms with E-state index in [4.69, 9.17) is 5.21 Å². The van der Waals surface area contributed by atoms with Crippen molar-refractivity contribution in [2.75, 3.05) is 0 Å². The lowest BCUT2D eigenvalue weighted by Gasteiger charge is -2.33. The molecule has 0 unspecified atom stereocenters. The van der Waals surface area contributed by atoms with E-state index in [1.165, 1.54) is 0 Å². The largest absolute Gasteiger partial charge is 0.317 e. The summed E-state index contributed by atoms with van der Waals surface area (Å²) < 4.78 is 0. The molecule has 0 spiro atoms. The normalized spacial score (nSPS) is 50.8. The van der Waals surface area contributed by atoms with Gasteiger partial charge in [0.1, 0.15) is 0 Å². The Morgan fingerprint density at radius 3 is 1.59 bits per heavy atom. The lowest BCUT2D eigenvalue weighted by atomic mass is 9.76. The van der Waals surface area contributed by atoms with E-state index in [1.54, 1.807) is 0 Å². The van der Waals surface area contributed by atoms with Gasteiger partial charge in [0.15, 0.2) is 0 Å². The average molecular weight is 243 g/mol. The molecule has 94 valence electrons. The predicted octanol–water partition coefficient (Wildman–Crippen LogP) is 0.198. The maximum Gasteiger partial charge on any atom is 0.291 e. The van der Waals surface area contributed by atoms with Gasteiger partial charge in [-0.3, -0.25) is 20.2 Å². The van der Waals surface area contributed by atoms with Gasteiger partial charge < -0.3 is 5.21 Å². The zero-order valence-corrected chi connectivity index (χ0v) is 9.04. The van der Waals surface area contributed by atoms with Crippen molar-refractivity contribution >= 4 is 0 Å². The minimum Gasteiger partial charge on any atom is -0.317 e. The van der Waals surface area contributed by atoms with Crippen LogP contribution in [0.25, 0.3) is 0 Å². The highest BCUT2D eigenvalue weighted by molar-refractivity contribution is 5.22. The van der Waals surface area contributed by atoms with Crippen molar-refractivity contribution < 1.29 is 15.1 Å². The first-order valence-corrected chi connectivity index (χ1v) is 5.65. The summed E-state index contributed by atoms with van der Waals surface area (Å²) in [6.07, 6.45) is 0.816. The second kappa shape index (κ2) is 2.94. The van der Waals surface area contributed by atoms with Crippen LogP contribution in [0.5, 0.6) is 0 Å². The molecule has 0 aliphatic heterocycles. The standard InChI is InChI=1S/C9H13N3O5/c13-10-7-5-1-8(11(14)15)3-6(7)4-9(8,2-5)12(16)17/h5-7,10,13H,1-4H2. The molecule has 0 aromatic heterocycles. The molecule has 4 bridgehead atoms. The van der Waals surface area contributed by atoms with Crippen LogP contribution in [0.1, 0.15) is 25.7 Å². The first-order chi connectivity index (χ1) is 7.97. The lowest BCUT2D eigenvalue weighted by Crippen LogP contribution is -2.55. The molecule has 0 aromatic carbocycles. The summed E-state index contributed by atoms with van der Waals surface area (Å²) in [5.74, 6) is -0.327. The SMILES string of the molecule is O=[N+]([O-])C12CC3CC1([N+](=O)[O-])CC(C2)C3NO. The zero-order valence-electron chi connectivity index (χ0n) is 9.04. The zero-order chi connectivity index (χ0) is 12.4. The number of hydrogen-bond acceptors (Lipinski definition) is 6. The van der Waals surface area contributed by atoms with Crippen molar-refractivity contribution in [2.24, 2.45) is 11.8 Å². The van der Waals surface area contributed by atoms with E-state index in [9.17, 15) is 20.2 Å². The monoisotopic (exact) mass is 243 g/mol. The highest BCUT2D eigenvalue weighted by Gasteiger charge is 2.84. The van der Waals surface area contributed by atoms with Crippen LogP contribution in [0.15, 0.2) is 0 Å². The van der Waals surface area contributed by atoms with Crippen LogP contribution in [0.4, 0.5) is 0 Å². The summed E-state index contributed by atoms with van der Waals surface area (Å²) >= 11 is 0. The molecule has 4 rings (SSSR count). The molecule has 4 aliphatic carbocycles. The van der Waals surface area contributed by atoms with Crippen molar-refractivity contribution in [1.29, 1.82) is 0 Å². The fraction of sp³-hybridized carbons (Fsp3) is 1.00. The molecule has 0 amide bonds. The van der Waals surface area contributed by atoms with Crippen molar-refractivity contribution in [1.82, 2.24) is 5.48 Å². The Morgan fingerprint density at radius 1 is 1.00 bits per heavy atom. The molecule has 4 saturated carbocycles. The van der Waals surface area contributed by atoms with Gasteiger partial charge in [-0.15, -0.1) is 0 Å². The Kier molecular flexibility index (Phi) is 1.87. The first-order valence-electron chi connectivity index (χ1n) is 5.65. The third kappa shape index (κ3) is 0.963. The molecule has 0 atom stereocenters. The maximum atomic E-state index is 11.3. The summed E-state index contributed by atoms with van der Waals surface area (Å²) in [6, 6.07) is -0.223. The number of hydroxylamine groups is 1. The number of nitro groups is 2. The Hall–Kier alpha value is -1.28. The quantitative estimate of drug-likeness (QED) is 0.539. The molecule has 8 heteroatoms. The Labute approximate surface area is 96.2 Å². The molecular formula is C9H13N3O5. The number of nitrogens with one attached hydrogen (secondary N) is 1. The number of hydrogen-bond donors (Lipinski definition) is 2. The molecule has 4 aliphatic rings. The predicted molar refractivity (Wildman–Crippen MR) is 53.6 cm³/mol. The number of nitrogens with zero attached hydrogens (tertiary/aromatic N) is 2. The lowest BCUT2D eigenvalue weighted by molar-refractivity contribution is -0.673. The fourth-order valence-electron chi connectivity index (χ4n) is 4.55. The van der Waals surface area contributed by atoms with Gasteiger partial charge >= 0.3 is 0 Å². The number of rotatable bonds is 3. The van der Waals surface area contributed by atoms with Gasteiger partial charge in [0.2, 0.25) is 0 Å². The summed E-state index contributed by atoms with van der Waals surface area (Å²) in [6.45, 7) is 0. The van der Waals surface area contributed by atoms with Crippen LogP contribution in [-0.2, 0) is 0 Å². The first kappa shape index (κ1) is 10.8. The Balaban J connectivity index is 2.09. The van der Waals surface area contributed by atoms with Gasteiger partial charge in [-0.2, -0.15) is 0 Å². The second-order valence-corrected chi connectivity index (χ2v) is 5.57. The smallest absolute Gasteiger partial charge is 0.291 e. The van der Waals surface area contributed by atoms with Crippen molar-refractivity contribution in [3.05, 3.63) is 20.2 Å². The molecule has 2 N–H and O–H groups in total. The molecule has 0 aromatic rings. The van der Waals surface area contributed by atoms with E-state index < -0.39 is 20.9 Å². The van der Waals surface area contributed by atoms with E-state index in [0.29, 0.717) is 0 Å². The van der Waals surface area contributed by atoms with Gasteiger partial charge in [-0.1, -0.05) is 0 Å². The van der Waals surface area contributed by atoms with E-state index in [-0.39, 0.29) is 43.6 Å². The van der Waals surface area contributed by atoms with Gasteiger partial charge in [-0.05, 0) is 11.8 Å². The second-order valence-electron chi connectivity index (χ2n) is 5.57. The van der Waals surface area contributed by atoms with Gasteiger partial charge in [0, 0.05) is 41.6 Å². The topological polar surface area (TPSA) is 119 Å². The van der Waals surface area contributed by atoms with Crippen molar-refractivity contribution in [3.8, 4) is 0 Å². The van der Waals surface area contributed by atoms with Crippen LogP contribution in [0.2, 0.25) is 0 Å².